The van der Waals surface area contributed by atoms with Crippen LogP contribution >= 0.6 is 15.9 Å². The molecule has 60 valence electrons. The van der Waals surface area contributed by atoms with E-state index in [1.54, 1.807) is 0 Å². The van der Waals surface area contributed by atoms with Gasteiger partial charge >= 0.3 is 0 Å². The Hall–Kier alpha value is 0.180. The maximum atomic E-state index is 5.74. The van der Waals surface area contributed by atoms with Crippen LogP contribution in [0, 0.1) is 5.92 Å². The maximum absolute atomic E-state index is 5.74. The number of epoxide rings is 1. The average molecular weight is 215 g/mol. The number of rotatable bonds is 0. The van der Waals surface area contributed by atoms with E-state index in [4.69, 9.17) is 4.74 Å². The molecule has 0 N–H and O–H groups in total. The molecule has 1 saturated carbocycles. The molecular formula is C9H11BrO. The molecule has 2 fully saturated rings. The first kappa shape index (κ1) is 6.67. The van der Waals surface area contributed by atoms with Gasteiger partial charge in [0.15, 0.2) is 0 Å². The van der Waals surface area contributed by atoms with Gasteiger partial charge in [0.05, 0.1) is 0 Å². The minimum absolute atomic E-state index is 0.295. The fourth-order valence-electron chi connectivity index (χ4n) is 2.70. The van der Waals surface area contributed by atoms with Crippen LogP contribution in [0.2, 0.25) is 0 Å². The monoisotopic (exact) mass is 214 g/mol. The van der Waals surface area contributed by atoms with Gasteiger partial charge in [-0.15, -0.1) is 0 Å². The van der Waals surface area contributed by atoms with Crippen LogP contribution in [-0.2, 0) is 4.74 Å². The summed E-state index contributed by atoms with van der Waals surface area (Å²) in [7, 11) is 0. The van der Waals surface area contributed by atoms with Crippen LogP contribution < -0.4 is 0 Å². The van der Waals surface area contributed by atoms with Crippen molar-refractivity contribution in [3.8, 4) is 0 Å². The molecule has 4 atom stereocenters. The van der Waals surface area contributed by atoms with E-state index in [1.165, 1.54) is 19.3 Å². The zero-order chi connectivity index (χ0) is 7.47. The molecule has 3 rings (SSSR count). The summed E-state index contributed by atoms with van der Waals surface area (Å²) >= 11 is 3.69. The molecule has 0 unspecified atom stereocenters. The number of ether oxygens (including phenoxy) is 1. The number of halogens is 1. The van der Waals surface area contributed by atoms with Crippen molar-refractivity contribution in [1.29, 1.82) is 0 Å². The smallest absolute Gasteiger partial charge is 0.106 e. The normalized spacial score (nSPS) is 58.8. The van der Waals surface area contributed by atoms with Gasteiger partial charge in [0, 0.05) is 10.7 Å². The van der Waals surface area contributed by atoms with Crippen molar-refractivity contribution in [1.82, 2.24) is 0 Å². The minimum Gasteiger partial charge on any atom is -0.361 e. The molecule has 0 aromatic rings. The molecule has 11 heavy (non-hydrogen) atoms. The Bertz CT molecular complexity index is 226. The zero-order valence-electron chi connectivity index (χ0n) is 6.29. The lowest BCUT2D eigenvalue weighted by atomic mass is 9.85. The fourth-order valence-corrected chi connectivity index (χ4v) is 3.59. The molecule has 1 heterocycles. The summed E-state index contributed by atoms with van der Waals surface area (Å²) in [5.41, 5.74) is 0.295. The molecule has 1 aliphatic heterocycles. The van der Waals surface area contributed by atoms with E-state index in [-0.39, 0.29) is 0 Å². The molecule has 2 aliphatic carbocycles. The third kappa shape index (κ3) is 0.701. The molecule has 3 aliphatic rings. The van der Waals surface area contributed by atoms with E-state index in [1.807, 2.05) is 0 Å². The first-order valence-electron chi connectivity index (χ1n) is 4.33. The van der Waals surface area contributed by atoms with Gasteiger partial charge in [-0.3, -0.25) is 0 Å². The lowest BCUT2D eigenvalue weighted by molar-refractivity contribution is 0.251. The number of alkyl halides is 1. The Morgan fingerprint density at radius 2 is 2.36 bits per heavy atom. The number of allylic oxidation sites excluding steroid dienone is 1. The summed E-state index contributed by atoms with van der Waals surface area (Å²) < 4.78 is 5.74. The maximum Gasteiger partial charge on any atom is 0.106 e. The van der Waals surface area contributed by atoms with Crippen molar-refractivity contribution >= 4 is 15.9 Å². The Morgan fingerprint density at radius 3 is 3.18 bits per heavy atom. The van der Waals surface area contributed by atoms with Crippen molar-refractivity contribution in [2.45, 2.75) is 35.8 Å². The number of hydrogen-bond acceptors (Lipinski definition) is 1. The van der Waals surface area contributed by atoms with Gasteiger partial charge in [0.1, 0.15) is 11.7 Å². The van der Waals surface area contributed by atoms with Gasteiger partial charge in [-0.25, -0.2) is 0 Å². The van der Waals surface area contributed by atoms with Crippen molar-refractivity contribution in [2.24, 2.45) is 5.92 Å². The highest BCUT2D eigenvalue weighted by molar-refractivity contribution is 9.09. The quantitative estimate of drug-likeness (QED) is 0.343. The van der Waals surface area contributed by atoms with Gasteiger partial charge < -0.3 is 4.74 Å². The topological polar surface area (TPSA) is 12.5 Å². The van der Waals surface area contributed by atoms with Crippen LogP contribution in [0.1, 0.15) is 19.3 Å². The van der Waals surface area contributed by atoms with E-state index >= 15 is 0 Å². The van der Waals surface area contributed by atoms with Crippen LogP contribution in [-0.4, -0.2) is 16.5 Å². The molecule has 0 bridgehead atoms. The number of hydrogen-bond donors (Lipinski definition) is 0. The summed E-state index contributed by atoms with van der Waals surface area (Å²) in [5, 5.41) is 0. The Morgan fingerprint density at radius 1 is 1.45 bits per heavy atom. The van der Waals surface area contributed by atoms with Crippen LogP contribution in [0.4, 0.5) is 0 Å². The lowest BCUT2D eigenvalue weighted by Gasteiger charge is -2.22. The second kappa shape index (κ2) is 1.91. The van der Waals surface area contributed by atoms with E-state index in [0.717, 1.165) is 5.92 Å². The van der Waals surface area contributed by atoms with Gasteiger partial charge in [-0.2, -0.15) is 0 Å². The Labute approximate surface area is 74.9 Å². The fraction of sp³-hybridized carbons (Fsp3) is 0.778. The van der Waals surface area contributed by atoms with E-state index in [2.05, 4.69) is 28.1 Å². The highest BCUT2D eigenvalue weighted by Crippen LogP contribution is 2.58. The van der Waals surface area contributed by atoms with Crippen molar-refractivity contribution < 1.29 is 4.74 Å². The summed E-state index contributed by atoms with van der Waals surface area (Å²) in [6, 6.07) is 0. The second-order valence-corrected chi connectivity index (χ2v) is 4.88. The van der Waals surface area contributed by atoms with Crippen LogP contribution in [0.25, 0.3) is 0 Å². The summed E-state index contributed by atoms with van der Waals surface area (Å²) in [6.45, 7) is 0. The molecule has 0 amide bonds. The van der Waals surface area contributed by atoms with Crippen molar-refractivity contribution in [2.75, 3.05) is 0 Å². The summed E-state index contributed by atoms with van der Waals surface area (Å²) in [5.74, 6) is 0.762. The first-order valence-corrected chi connectivity index (χ1v) is 5.25. The predicted octanol–water partition coefficient (Wildman–Crippen LogP) is 2.26. The van der Waals surface area contributed by atoms with Crippen LogP contribution in [0.15, 0.2) is 12.2 Å². The largest absolute Gasteiger partial charge is 0.361 e. The molecule has 1 saturated heterocycles. The lowest BCUT2D eigenvalue weighted by Crippen LogP contribution is -2.29. The molecular weight excluding hydrogens is 204 g/mol. The van der Waals surface area contributed by atoms with Gasteiger partial charge in [-0.1, -0.05) is 34.5 Å². The third-order valence-corrected chi connectivity index (χ3v) is 4.28. The highest BCUT2D eigenvalue weighted by atomic mass is 79.9. The minimum atomic E-state index is 0.295. The molecule has 0 aromatic carbocycles. The molecule has 2 heteroatoms. The standard InChI is InChI=1S/C9H11BrO/c10-7-3-4-8-9(11-8)5-1-2-6(7)9/h3-4,6-8H,1-2,5H2/t6-,7+,8+,9-/m0/s1. The van der Waals surface area contributed by atoms with Gasteiger partial charge in [-0.05, 0) is 12.8 Å². The SMILES string of the molecule is Br[C@@H]1C=C[C@H]2O[C@]23CCC[C@@H]13. The average Bonchev–Trinajstić information content (AvgIpc) is 2.51. The zero-order valence-corrected chi connectivity index (χ0v) is 7.88. The van der Waals surface area contributed by atoms with E-state index in [9.17, 15) is 0 Å². The van der Waals surface area contributed by atoms with Crippen LogP contribution in [0.5, 0.6) is 0 Å². The molecule has 1 nitrogen and oxygen atoms in total. The highest BCUT2D eigenvalue weighted by Gasteiger charge is 2.64. The van der Waals surface area contributed by atoms with Crippen LogP contribution in [0.3, 0.4) is 0 Å². The van der Waals surface area contributed by atoms with Crippen molar-refractivity contribution in [3.63, 3.8) is 0 Å². The van der Waals surface area contributed by atoms with Gasteiger partial charge in [0.2, 0.25) is 0 Å². The van der Waals surface area contributed by atoms with Crippen molar-refractivity contribution in [3.05, 3.63) is 12.2 Å². The second-order valence-electron chi connectivity index (χ2n) is 3.82. The first-order chi connectivity index (χ1) is 5.33. The summed E-state index contributed by atoms with van der Waals surface area (Å²) in [4.78, 5) is 0.573. The molecule has 1 spiro atoms. The van der Waals surface area contributed by atoms with E-state index < -0.39 is 0 Å². The predicted molar refractivity (Wildman–Crippen MR) is 46.8 cm³/mol. The molecule has 0 aromatic heterocycles. The van der Waals surface area contributed by atoms with E-state index in [0.29, 0.717) is 16.5 Å². The Kier molecular flexibility index (Phi) is 1.16. The third-order valence-electron chi connectivity index (χ3n) is 3.34. The molecule has 0 radical (unpaired) electrons. The summed E-state index contributed by atoms with van der Waals surface area (Å²) in [6.07, 6.45) is 8.94. The van der Waals surface area contributed by atoms with Gasteiger partial charge in [0.25, 0.3) is 0 Å². The Balaban J connectivity index is 2.00.